The standard InChI is InChI=1S/C9H15N2O/c1-4-9(12)11(3)8-5-6-10(2)7-8/h8H,1,5-7H2,2-3H3. The van der Waals surface area contributed by atoms with Crippen LogP contribution in [-0.2, 0) is 4.79 Å². The van der Waals surface area contributed by atoms with Crippen LogP contribution in [0.1, 0.15) is 6.42 Å². The predicted octanol–water partition coefficient (Wildman–Crippen LogP) is 0.138. The summed E-state index contributed by atoms with van der Waals surface area (Å²) in [4.78, 5) is 15.1. The van der Waals surface area contributed by atoms with Gasteiger partial charge >= 0.3 is 0 Å². The second-order valence-electron chi connectivity index (χ2n) is 3.30. The maximum Gasteiger partial charge on any atom is 0.254 e. The zero-order chi connectivity index (χ0) is 9.14. The highest BCUT2D eigenvalue weighted by molar-refractivity contribution is 5.83. The molecule has 1 aliphatic rings. The van der Waals surface area contributed by atoms with Crippen molar-refractivity contribution in [3.8, 4) is 0 Å². The van der Waals surface area contributed by atoms with E-state index in [1.54, 1.807) is 4.90 Å². The van der Waals surface area contributed by atoms with Crippen LogP contribution in [0.2, 0.25) is 0 Å². The highest BCUT2D eigenvalue weighted by atomic mass is 16.2. The van der Waals surface area contributed by atoms with Gasteiger partial charge in [0.05, 0.1) is 0 Å². The fraction of sp³-hybridized carbons (Fsp3) is 0.667. The third kappa shape index (κ3) is 1.85. The quantitative estimate of drug-likeness (QED) is 0.546. The Morgan fingerprint density at radius 1 is 1.75 bits per heavy atom. The molecule has 0 saturated carbocycles. The van der Waals surface area contributed by atoms with E-state index in [1.165, 1.54) is 0 Å². The van der Waals surface area contributed by atoms with Crippen LogP contribution < -0.4 is 0 Å². The molecule has 0 aromatic rings. The van der Waals surface area contributed by atoms with E-state index >= 15 is 0 Å². The summed E-state index contributed by atoms with van der Waals surface area (Å²) in [5, 5.41) is 0. The number of hydrogen-bond donors (Lipinski definition) is 0. The number of nitrogens with zero attached hydrogens (tertiary/aromatic N) is 2. The molecule has 1 amide bonds. The Balaban J connectivity index is 2.47. The first-order valence-corrected chi connectivity index (χ1v) is 4.13. The van der Waals surface area contributed by atoms with Crippen LogP contribution in [0.15, 0.2) is 6.58 Å². The number of rotatable bonds is 2. The average Bonchev–Trinajstić information content (AvgIpc) is 2.49. The van der Waals surface area contributed by atoms with Crippen molar-refractivity contribution in [1.29, 1.82) is 0 Å². The molecule has 1 atom stereocenters. The lowest BCUT2D eigenvalue weighted by molar-refractivity contribution is -0.127. The second-order valence-corrected chi connectivity index (χ2v) is 3.30. The van der Waals surface area contributed by atoms with Crippen molar-refractivity contribution in [3.63, 3.8) is 0 Å². The minimum atomic E-state index is -0.102. The summed E-state index contributed by atoms with van der Waals surface area (Å²) in [6.07, 6.45) is 3.43. The Bertz CT molecular complexity index is 191. The van der Waals surface area contributed by atoms with Gasteiger partial charge in [-0.15, -0.1) is 0 Å². The van der Waals surface area contributed by atoms with Crippen molar-refractivity contribution in [2.24, 2.45) is 0 Å². The van der Waals surface area contributed by atoms with Crippen molar-refractivity contribution in [1.82, 2.24) is 9.80 Å². The van der Waals surface area contributed by atoms with Gasteiger partial charge in [0.1, 0.15) is 0 Å². The molecule has 67 valence electrons. The van der Waals surface area contributed by atoms with Crippen molar-refractivity contribution in [2.45, 2.75) is 12.5 Å². The molecule has 0 aromatic carbocycles. The van der Waals surface area contributed by atoms with Gasteiger partial charge < -0.3 is 9.80 Å². The molecule has 0 aliphatic carbocycles. The summed E-state index contributed by atoms with van der Waals surface area (Å²) in [7, 11) is 3.88. The predicted molar refractivity (Wildman–Crippen MR) is 47.5 cm³/mol. The number of amides is 1. The van der Waals surface area contributed by atoms with Gasteiger partial charge in [-0.1, -0.05) is 6.58 Å². The first-order chi connectivity index (χ1) is 5.65. The molecule has 3 nitrogen and oxygen atoms in total. The number of carbonyl (C=O) groups is 1. The summed E-state index contributed by atoms with van der Waals surface area (Å²) in [6, 6.07) is 0.344. The highest BCUT2D eigenvalue weighted by Gasteiger charge is 2.24. The molecule has 1 aliphatic heterocycles. The van der Waals surface area contributed by atoms with Crippen molar-refractivity contribution >= 4 is 5.91 Å². The van der Waals surface area contributed by atoms with E-state index in [1.807, 2.05) is 7.05 Å². The molecule has 3 heteroatoms. The van der Waals surface area contributed by atoms with Crippen molar-refractivity contribution < 1.29 is 4.79 Å². The topological polar surface area (TPSA) is 23.6 Å². The number of carbonyl (C=O) groups excluding carboxylic acids is 1. The van der Waals surface area contributed by atoms with Gasteiger partial charge in [-0.3, -0.25) is 4.79 Å². The van der Waals surface area contributed by atoms with Gasteiger partial charge in [-0.25, -0.2) is 0 Å². The monoisotopic (exact) mass is 167 g/mol. The maximum atomic E-state index is 11.1. The van der Waals surface area contributed by atoms with Crippen molar-refractivity contribution in [3.05, 3.63) is 12.7 Å². The summed E-state index contributed by atoms with van der Waals surface area (Å²) in [5.74, 6) is -0.102. The van der Waals surface area contributed by atoms with Crippen LogP contribution in [-0.4, -0.2) is 48.9 Å². The average molecular weight is 167 g/mol. The maximum absolute atomic E-state index is 11.1. The second kappa shape index (κ2) is 3.72. The first kappa shape index (κ1) is 9.26. The van der Waals surface area contributed by atoms with E-state index in [2.05, 4.69) is 24.6 Å². The van der Waals surface area contributed by atoms with Gasteiger partial charge in [0.15, 0.2) is 0 Å². The van der Waals surface area contributed by atoms with Gasteiger partial charge in [0, 0.05) is 25.7 Å². The van der Waals surface area contributed by atoms with Crippen LogP contribution >= 0.6 is 0 Å². The minimum absolute atomic E-state index is 0.102. The van der Waals surface area contributed by atoms with E-state index in [4.69, 9.17) is 0 Å². The number of likely N-dealkylation sites (tertiary alicyclic amines) is 1. The van der Waals surface area contributed by atoms with E-state index in [0.717, 1.165) is 19.5 Å². The summed E-state index contributed by atoms with van der Waals surface area (Å²) in [5.41, 5.74) is 0. The molecule has 0 spiro atoms. The van der Waals surface area contributed by atoms with Crippen LogP contribution in [0.4, 0.5) is 0 Å². The fourth-order valence-corrected chi connectivity index (χ4v) is 1.52. The summed E-state index contributed by atoms with van der Waals surface area (Å²) < 4.78 is 0. The van der Waals surface area contributed by atoms with Crippen LogP contribution in [0.5, 0.6) is 0 Å². The Morgan fingerprint density at radius 3 is 2.83 bits per heavy atom. The molecule has 1 heterocycles. The molecular weight excluding hydrogens is 152 g/mol. The zero-order valence-corrected chi connectivity index (χ0v) is 7.71. The van der Waals surface area contributed by atoms with Gasteiger partial charge in [-0.2, -0.15) is 0 Å². The molecular formula is C9H15N2O. The lowest BCUT2D eigenvalue weighted by Gasteiger charge is -2.22. The SMILES string of the molecule is C=[C]C(=O)N(C)C1CCN(C)C1. The Labute approximate surface area is 73.6 Å². The number of hydrogen-bond acceptors (Lipinski definition) is 2. The minimum Gasteiger partial charge on any atom is -0.337 e. The molecule has 1 fully saturated rings. The summed E-state index contributed by atoms with van der Waals surface area (Å²) >= 11 is 0. The smallest absolute Gasteiger partial charge is 0.254 e. The molecule has 1 saturated heterocycles. The van der Waals surface area contributed by atoms with E-state index in [9.17, 15) is 4.79 Å². The molecule has 1 unspecified atom stereocenters. The molecule has 0 aromatic heterocycles. The highest BCUT2D eigenvalue weighted by Crippen LogP contribution is 2.12. The Kier molecular flexibility index (Phi) is 2.87. The summed E-state index contributed by atoms with van der Waals surface area (Å²) in [6.45, 7) is 5.37. The number of likely N-dealkylation sites (N-methyl/N-ethyl adjacent to an activating group) is 2. The molecule has 12 heavy (non-hydrogen) atoms. The van der Waals surface area contributed by atoms with Gasteiger partial charge in [0.2, 0.25) is 0 Å². The van der Waals surface area contributed by atoms with Crippen LogP contribution in [0.3, 0.4) is 0 Å². The largest absolute Gasteiger partial charge is 0.337 e. The first-order valence-electron chi connectivity index (χ1n) is 4.13. The molecule has 0 bridgehead atoms. The lowest BCUT2D eigenvalue weighted by Crippen LogP contribution is -2.37. The Morgan fingerprint density at radius 2 is 2.42 bits per heavy atom. The lowest BCUT2D eigenvalue weighted by atomic mass is 10.2. The zero-order valence-electron chi connectivity index (χ0n) is 7.71. The van der Waals surface area contributed by atoms with Gasteiger partial charge in [-0.05, 0) is 20.0 Å². The molecule has 1 rings (SSSR count). The van der Waals surface area contributed by atoms with E-state index in [-0.39, 0.29) is 5.91 Å². The molecule has 1 radical (unpaired) electrons. The van der Waals surface area contributed by atoms with Crippen LogP contribution in [0.25, 0.3) is 0 Å². The van der Waals surface area contributed by atoms with Crippen molar-refractivity contribution in [2.75, 3.05) is 27.2 Å². The van der Waals surface area contributed by atoms with Crippen LogP contribution in [0, 0.1) is 6.08 Å². The van der Waals surface area contributed by atoms with E-state index < -0.39 is 0 Å². The third-order valence-corrected chi connectivity index (χ3v) is 2.39. The normalized spacial score (nSPS) is 24.0. The van der Waals surface area contributed by atoms with Gasteiger partial charge in [0.25, 0.3) is 5.91 Å². The Hall–Kier alpha value is -0.830. The molecule has 0 N–H and O–H groups in total. The fourth-order valence-electron chi connectivity index (χ4n) is 1.52. The third-order valence-electron chi connectivity index (χ3n) is 2.39. The van der Waals surface area contributed by atoms with E-state index in [0.29, 0.717) is 6.04 Å².